The molecule has 0 bridgehead atoms. The van der Waals surface area contributed by atoms with Gasteiger partial charge in [0.2, 0.25) is 0 Å². The third-order valence-electron chi connectivity index (χ3n) is 2.97. The number of fused-ring (bicyclic) bond motifs is 1. The van der Waals surface area contributed by atoms with Crippen LogP contribution in [0.2, 0.25) is 0 Å². The van der Waals surface area contributed by atoms with Gasteiger partial charge in [-0.25, -0.2) is 13.8 Å². The molecular formula is C15H10F2N2O2. The van der Waals surface area contributed by atoms with Crippen LogP contribution in [0.25, 0.3) is 11.0 Å². The first-order valence-electron chi connectivity index (χ1n) is 6.18. The third kappa shape index (κ3) is 2.60. The first-order valence-corrected chi connectivity index (χ1v) is 6.18. The first kappa shape index (κ1) is 13.2. The summed E-state index contributed by atoms with van der Waals surface area (Å²) in [5.41, 5.74) is 1.32. The Kier molecular flexibility index (Phi) is 3.35. The van der Waals surface area contributed by atoms with Crippen LogP contribution in [0.5, 0.6) is 5.75 Å². The van der Waals surface area contributed by atoms with Crippen LogP contribution >= 0.6 is 0 Å². The van der Waals surface area contributed by atoms with Crippen molar-refractivity contribution in [3.8, 4) is 5.75 Å². The van der Waals surface area contributed by atoms with E-state index in [1.165, 1.54) is 10.9 Å². The monoisotopic (exact) mass is 288 g/mol. The molecule has 0 atom stereocenters. The molecule has 1 heterocycles. The van der Waals surface area contributed by atoms with Crippen LogP contribution in [0.4, 0.5) is 8.78 Å². The molecule has 2 aromatic carbocycles. The van der Waals surface area contributed by atoms with Gasteiger partial charge >= 0.3 is 0 Å². The Morgan fingerprint density at radius 1 is 1.19 bits per heavy atom. The van der Waals surface area contributed by atoms with Gasteiger partial charge in [0, 0.05) is 6.07 Å². The van der Waals surface area contributed by atoms with E-state index in [-0.39, 0.29) is 12.4 Å². The summed E-state index contributed by atoms with van der Waals surface area (Å²) in [5.74, 6) is -2.12. The molecule has 4 nitrogen and oxygen atoms in total. The number of hydrogen-bond acceptors (Lipinski definition) is 3. The van der Waals surface area contributed by atoms with Gasteiger partial charge < -0.3 is 4.74 Å². The number of nitrogens with zero attached hydrogens (tertiary/aromatic N) is 2. The van der Waals surface area contributed by atoms with Crippen molar-refractivity contribution >= 4 is 16.9 Å². The van der Waals surface area contributed by atoms with E-state index in [9.17, 15) is 13.6 Å². The number of carbonyl (C=O) groups is 1. The summed E-state index contributed by atoms with van der Waals surface area (Å²) in [7, 11) is 0. The van der Waals surface area contributed by atoms with Crippen molar-refractivity contribution in [2.45, 2.75) is 0 Å². The molecule has 0 radical (unpaired) electrons. The Morgan fingerprint density at radius 3 is 2.81 bits per heavy atom. The fourth-order valence-corrected chi connectivity index (χ4v) is 1.96. The Bertz CT molecular complexity index is 814. The number of para-hydroxylation sites is 2. The number of imidazole rings is 1. The Balaban J connectivity index is 1.77. The molecule has 106 valence electrons. The minimum absolute atomic E-state index is 0.172. The minimum atomic E-state index is -0.849. The smallest absolute Gasteiger partial charge is 0.270 e. The van der Waals surface area contributed by atoms with Crippen LogP contribution in [-0.4, -0.2) is 22.1 Å². The molecule has 3 aromatic rings. The summed E-state index contributed by atoms with van der Waals surface area (Å²) >= 11 is 0. The van der Waals surface area contributed by atoms with Gasteiger partial charge in [-0.1, -0.05) is 12.1 Å². The van der Waals surface area contributed by atoms with E-state index in [1.54, 1.807) is 18.2 Å². The summed E-state index contributed by atoms with van der Waals surface area (Å²) in [6.45, 7) is -0.372. The van der Waals surface area contributed by atoms with Crippen molar-refractivity contribution in [3.05, 3.63) is 60.4 Å². The van der Waals surface area contributed by atoms with Gasteiger partial charge in [0.1, 0.15) is 12.1 Å². The fraction of sp³-hybridized carbons (Fsp3) is 0.0667. The predicted molar refractivity (Wildman–Crippen MR) is 72.2 cm³/mol. The number of ether oxygens (including phenoxy) is 1. The number of halogens is 2. The second-order valence-corrected chi connectivity index (χ2v) is 4.36. The zero-order chi connectivity index (χ0) is 14.8. The Morgan fingerprint density at radius 2 is 2.00 bits per heavy atom. The summed E-state index contributed by atoms with van der Waals surface area (Å²) in [6.07, 6.45) is 1.39. The molecule has 0 fully saturated rings. The zero-order valence-electron chi connectivity index (χ0n) is 10.8. The molecule has 0 amide bonds. The van der Waals surface area contributed by atoms with Crippen molar-refractivity contribution in [3.63, 3.8) is 0 Å². The maximum Gasteiger partial charge on any atom is 0.270 e. The van der Waals surface area contributed by atoms with E-state index in [1.807, 2.05) is 6.07 Å². The first-order chi connectivity index (χ1) is 10.1. The number of aromatic nitrogens is 2. The van der Waals surface area contributed by atoms with E-state index >= 15 is 0 Å². The highest BCUT2D eigenvalue weighted by Gasteiger charge is 2.12. The van der Waals surface area contributed by atoms with Crippen LogP contribution in [0.1, 0.15) is 4.79 Å². The van der Waals surface area contributed by atoms with Crippen molar-refractivity contribution < 1.29 is 18.3 Å². The van der Waals surface area contributed by atoms with Crippen molar-refractivity contribution in [1.29, 1.82) is 0 Å². The van der Waals surface area contributed by atoms with Crippen LogP contribution in [-0.2, 0) is 0 Å². The summed E-state index contributed by atoms with van der Waals surface area (Å²) in [6, 6.07) is 10.0. The van der Waals surface area contributed by atoms with E-state index in [2.05, 4.69) is 4.98 Å². The largest absolute Gasteiger partial charge is 0.481 e. The van der Waals surface area contributed by atoms with Gasteiger partial charge in [-0.3, -0.25) is 9.36 Å². The number of rotatable bonds is 3. The van der Waals surface area contributed by atoms with Crippen LogP contribution in [0.15, 0.2) is 48.8 Å². The molecule has 21 heavy (non-hydrogen) atoms. The average Bonchev–Trinajstić information content (AvgIpc) is 2.90. The van der Waals surface area contributed by atoms with Gasteiger partial charge in [-0.15, -0.1) is 0 Å². The molecule has 0 spiro atoms. The lowest BCUT2D eigenvalue weighted by Gasteiger charge is -2.07. The van der Waals surface area contributed by atoms with Crippen molar-refractivity contribution in [2.75, 3.05) is 6.61 Å². The number of carbonyl (C=O) groups excluding carboxylic acids is 1. The molecule has 0 aliphatic heterocycles. The number of hydrogen-bond donors (Lipinski definition) is 0. The van der Waals surface area contributed by atoms with E-state index in [0.717, 1.165) is 12.1 Å². The molecule has 6 heteroatoms. The fourth-order valence-electron chi connectivity index (χ4n) is 1.96. The maximum atomic E-state index is 13.4. The molecule has 1 aromatic heterocycles. The lowest BCUT2D eigenvalue weighted by molar-refractivity contribution is 0.0839. The molecule has 0 saturated carbocycles. The summed E-state index contributed by atoms with van der Waals surface area (Å²) in [5, 5.41) is 0. The van der Waals surface area contributed by atoms with Crippen molar-refractivity contribution in [1.82, 2.24) is 9.55 Å². The maximum absolute atomic E-state index is 13.4. The summed E-state index contributed by atoms with van der Waals surface area (Å²) < 4.78 is 32.6. The molecule has 0 aliphatic carbocycles. The summed E-state index contributed by atoms with van der Waals surface area (Å²) in [4.78, 5) is 16.2. The average molecular weight is 288 g/mol. The van der Waals surface area contributed by atoms with E-state index in [4.69, 9.17) is 4.74 Å². The van der Waals surface area contributed by atoms with Crippen LogP contribution < -0.4 is 4.74 Å². The highest BCUT2D eigenvalue weighted by molar-refractivity contribution is 5.90. The second kappa shape index (κ2) is 5.32. The third-order valence-corrected chi connectivity index (χ3v) is 2.97. The quantitative estimate of drug-likeness (QED) is 0.744. The van der Waals surface area contributed by atoms with Crippen molar-refractivity contribution in [2.24, 2.45) is 0 Å². The Hall–Kier alpha value is -2.76. The molecule has 0 saturated heterocycles. The SMILES string of the molecule is O=C(COc1ccc(F)cc1F)n1cnc2ccccc21. The highest BCUT2D eigenvalue weighted by atomic mass is 19.1. The standard InChI is InChI=1S/C15H10F2N2O2/c16-10-5-6-14(11(17)7-10)21-8-15(20)19-9-18-12-3-1-2-4-13(12)19/h1-7,9H,8H2. The molecule has 0 aliphatic rings. The normalized spacial score (nSPS) is 10.8. The van der Waals surface area contributed by atoms with E-state index < -0.39 is 17.5 Å². The second-order valence-electron chi connectivity index (χ2n) is 4.36. The molecule has 0 unspecified atom stereocenters. The van der Waals surface area contributed by atoms with Gasteiger partial charge in [-0.2, -0.15) is 0 Å². The molecule has 0 N–H and O–H groups in total. The van der Waals surface area contributed by atoms with Crippen LogP contribution in [0.3, 0.4) is 0 Å². The van der Waals surface area contributed by atoms with Gasteiger partial charge in [0.05, 0.1) is 11.0 Å². The topological polar surface area (TPSA) is 44.1 Å². The number of benzene rings is 2. The molecule has 3 rings (SSSR count). The Labute approximate surface area is 118 Å². The van der Waals surface area contributed by atoms with Gasteiger partial charge in [0.25, 0.3) is 5.91 Å². The molecular weight excluding hydrogens is 278 g/mol. The predicted octanol–water partition coefficient (Wildman–Crippen LogP) is 3.03. The minimum Gasteiger partial charge on any atom is -0.481 e. The van der Waals surface area contributed by atoms with Crippen LogP contribution in [0, 0.1) is 11.6 Å². The lowest BCUT2D eigenvalue weighted by Crippen LogP contribution is -2.18. The van der Waals surface area contributed by atoms with Gasteiger partial charge in [-0.05, 0) is 24.3 Å². The lowest BCUT2D eigenvalue weighted by atomic mass is 10.3. The highest BCUT2D eigenvalue weighted by Crippen LogP contribution is 2.18. The van der Waals surface area contributed by atoms with Gasteiger partial charge in [0.15, 0.2) is 18.2 Å². The van der Waals surface area contributed by atoms with E-state index in [0.29, 0.717) is 17.1 Å². The zero-order valence-corrected chi connectivity index (χ0v) is 10.8.